The molecule has 1 aromatic rings. The molecule has 0 bridgehead atoms. The Bertz CT molecular complexity index is 421. The van der Waals surface area contributed by atoms with Crippen LogP contribution in [0.3, 0.4) is 0 Å². The molecule has 1 heterocycles. The van der Waals surface area contributed by atoms with Crippen LogP contribution in [0.2, 0.25) is 0 Å². The maximum Gasteiger partial charge on any atom is 0.251 e. The molecule has 0 atom stereocenters. The predicted molar refractivity (Wildman–Crippen MR) is 52.7 cm³/mol. The molecule has 1 amide bonds. The minimum atomic E-state index is -0.0223. The molecule has 0 saturated heterocycles. The largest absolute Gasteiger partial charge is 0.348 e. The summed E-state index contributed by atoms with van der Waals surface area (Å²) in [4.78, 5) is 21.3. The monoisotopic (exact) mass is 187 g/mol. The number of amides is 1. The second-order valence-corrected chi connectivity index (χ2v) is 3.09. The van der Waals surface area contributed by atoms with Crippen LogP contribution in [-0.2, 0) is 11.3 Å². The predicted octanol–water partition coefficient (Wildman–Crippen LogP) is 1.14. The van der Waals surface area contributed by atoms with Gasteiger partial charge in [-0.05, 0) is 29.3 Å². The minimum Gasteiger partial charge on any atom is -0.348 e. The zero-order valence-corrected chi connectivity index (χ0v) is 7.49. The molecule has 14 heavy (non-hydrogen) atoms. The average molecular weight is 187 g/mol. The van der Waals surface area contributed by atoms with Crippen LogP contribution in [0.5, 0.6) is 0 Å². The molecule has 70 valence electrons. The van der Waals surface area contributed by atoms with Crippen molar-refractivity contribution in [3.8, 4) is 0 Å². The average Bonchev–Trinajstić information content (AvgIpc) is 2.57. The van der Waals surface area contributed by atoms with Crippen molar-refractivity contribution >= 4 is 18.3 Å². The lowest BCUT2D eigenvalue weighted by molar-refractivity contribution is -0.104. The summed E-state index contributed by atoms with van der Waals surface area (Å²) in [6, 6.07) is 5.51. The van der Waals surface area contributed by atoms with Crippen LogP contribution in [0, 0.1) is 0 Å². The Hall–Kier alpha value is -1.90. The normalized spacial score (nSPS) is 14.1. The van der Waals surface area contributed by atoms with E-state index in [0.29, 0.717) is 6.54 Å². The molecule has 0 spiro atoms. The molecule has 1 N–H and O–H groups in total. The quantitative estimate of drug-likeness (QED) is 0.557. The lowest BCUT2D eigenvalue weighted by Gasteiger charge is -1.97. The Kier molecular flexibility index (Phi) is 2.14. The molecule has 0 saturated carbocycles. The molecule has 1 aromatic carbocycles. The van der Waals surface area contributed by atoms with Gasteiger partial charge in [-0.25, -0.2) is 0 Å². The molecule has 0 aliphatic carbocycles. The van der Waals surface area contributed by atoms with Crippen LogP contribution in [0.15, 0.2) is 24.3 Å². The van der Waals surface area contributed by atoms with Crippen LogP contribution in [0.25, 0.3) is 6.08 Å². The van der Waals surface area contributed by atoms with E-state index >= 15 is 0 Å². The fourth-order valence-electron chi connectivity index (χ4n) is 1.51. The van der Waals surface area contributed by atoms with E-state index in [9.17, 15) is 9.59 Å². The number of carbonyl (C=O) groups excluding carboxylic acids is 2. The van der Waals surface area contributed by atoms with Crippen LogP contribution >= 0.6 is 0 Å². The summed E-state index contributed by atoms with van der Waals surface area (Å²) >= 11 is 0. The van der Waals surface area contributed by atoms with Crippen molar-refractivity contribution in [2.45, 2.75) is 6.54 Å². The van der Waals surface area contributed by atoms with Crippen molar-refractivity contribution in [3.05, 3.63) is 41.0 Å². The number of nitrogens with one attached hydrogen (secondary N) is 1. The number of fused-ring (bicyclic) bond motifs is 1. The summed E-state index contributed by atoms with van der Waals surface area (Å²) in [6.07, 6.45) is 3.89. The third-order valence-corrected chi connectivity index (χ3v) is 2.18. The highest BCUT2D eigenvalue weighted by molar-refractivity contribution is 5.98. The summed E-state index contributed by atoms with van der Waals surface area (Å²) in [6.45, 7) is 0.580. The fourth-order valence-corrected chi connectivity index (χ4v) is 1.51. The third-order valence-electron chi connectivity index (χ3n) is 2.18. The number of allylic oxidation sites excluding steroid dienone is 1. The van der Waals surface area contributed by atoms with Crippen molar-refractivity contribution in [2.75, 3.05) is 0 Å². The third kappa shape index (κ3) is 1.44. The molecule has 0 unspecified atom stereocenters. The van der Waals surface area contributed by atoms with Gasteiger partial charge in [-0.15, -0.1) is 0 Å². The van der Waals surface area contributed by atoms with Crippen LogP contribution in [0.4, 0.5) is 0 Å². The number of hydrogen-bond acceptors (Lipinski definition) is 2. The Morgan fingerprint density at radius 2 is 2.21 bits per heavy atom. The summed E-state index contributed by atoms with van der Waals surface area (Å²) in [5.74, 6) is -0.0223. The van der Waals surface area contributed by atoms with Gasteiger partial charge in [-0.3, -0.25) is 9.59 Å². The van der Waals surface area contributed by atoms with Crippen molar-refractivity contribution in [3.63, 3.8) is 0 Å². The number of aldehydes is 1. The lowest BCUT2D eigenvalue weighted by Crippen LogP contribution is -2.12. The van der Waals surface area contributed by atoms with Gasteiger partial charge >= 0.3 is 0 Å². The minimum absolute atomic E-state index is 0.0223. The van der Waals surface area contributed by atoms with E-state index in [1.165, 1.54) is 6.08 Å². The zero-order valence-electron chi connectivity index (χ0n) is 7.49. The maximum absolute atomic E-state index is 11.2. The SMILES string of the molecule is O=CC=Cc1ccc2c(c1)CNC2=O. The van der Waals surface area contributed by atoms with Crippen LogP contribution in [0.1, 0.15) is 21.5 Å². The van der Waals surface area contributed by atoms with Gasteiger partial charge in [0.1, 0.15) is 6.29 Å². The van der Waals surface area contributed by atoms with Gasteiger partial charge < -0.3 is 5.32 Å². The summed E-state index contributed by atoms with van der Waals surface area (Å²) < 4.78 is 0. The van der Waals surface area contributed by atoms with Crippen molar-refractivity contribution in [2.24, 2.45) is 0 Å². The number of rotatable bonds is 2. The molecule has 1 aliphatic heterocycles. The highest BCUT2D eigenvalue weighted by Gasteiger charge is 2.17. The van der Waals surface area contributed by atoms with Crippen molar-refractivity contribution in [1.29, 1.82) is 0 Å². The van der Waals surface area contributed by atoms with Crippen LogP contribution < -0.4 is 5.32 Å². The first-order valence-electron chi connectivity index (χ1n) is 4.34. The first-order valence-corrected chi connectivity index (χ1v) is 4.34. The van der Waals surface area contributed by atoms with Crippen molar-refractivity contribution in [1.82, 2.24) is 5.32 Å². The topological polar surface area (TPSA) is 46.2 Å². The highest BCUT2D eigenvalue weighted by Crippen LogP contribution is 2.17. The van der Waals surface area contributed by atoms with E-state index in [1.807, 2.05) is 12.1 Å². The Labute approximate surface area is 81.4 Å². The molecule has 0 radical (unpaired) electrons. The lowest BCUT2D eigenvalue weighted by atomic mass is 10.1. The molecule has 0 aromatic heterocycles. The van der Waals surface area contributed by atoms with Gasteiger partial charge in [0.2, 0.25) is 0 Å². The van der Waals surface area contributed by atoms with Gasteiger partial charge in [0.25, 0.3) is 5.91 Å². The van der Waals surface area contributed by atoms with Gasteiger partial charge in [0, 0.05) is 12.1 Å². The fraction of sp³-hybridized carbons (Fsp3) is 0.0909. The van der Waals surface area contributed by atoms with E-state index in [-0.39, 0.29) is 5.91 Å². The highest BCUT2D eigenvalue weighted by atomic mass is 16.1. The summed E-state index contributed by atoms with van der Waals surface area (Å²) in [5, 5.41) is 2.74. The van der Waals surface area contributed by atoms with E-state index in [0.717, 1.165) is 23.0 Å². The van der Waals surface area contributed by atoms with E-state index in [4.69, 9.17) is 0 Å². The zero-order chi connectivity index (χ0) is 9.97. The summed E-state index contributed by atoms with van der Waals surface area (Å²) in [5.41, 5.74) is 2.66. The molecule has 3 heteroatoms. The first kappa shape index (κ1) is 8.69. The standard InChI is InChI=1S/C11H9NO2/c13-5-1-2-8-3-4-10-9(6-8)7-12-11(10)14/h1-6H,7H2,(H,12,14). The Morgan fingerprint density at radius 1 is 1.36 bits per heavy atom. The molecule has 3 nitrogen and oxygen atoms in total. The van der Waals surface area contributed by atoms with Crippen molar-refractivity contribution < 1.29 is 9.59 Å². The number of benzene rings is 1. The van der Waals surface area contributed by atoms with E-state index in [2.05, 4.69) is 5.32 Å². The van der Waals surface area contributed by atoms with Crippen LogP contribution in [-0.4, -0.2) is 12.2 Å². The molecular formula is C11H9NO2. The summed E-state index contributed by atoms with van der Waals surface area (Å²) in [7, 11) is 0. The maximum atomic E-state index is 11.2. The molecule has 0 fully saturated rings. The molecular weight excluding hydrogens is 178 g/mol. The van der Waals surface area contributed by atoms with E-state index < -0.39 is 0 Å². The Morgan fingerprint density at radius 3 is 3.00 bits per heavy atom. The smallest absolute Gasteiger partial charge is 0.251 e. The van der Waals surface area contributed by atoms with Gasteiger partial charge in [0.05, 0.1) is 0 Å². The first-order chi connectivity index (χ1) is 6.81. The Balaban J connectivity index is 2.37. The van der Waals surface area contributed by atoms with Gasteiger partial charge in [0.15, 0.2) is 0 Å². The second-order valence-electron chi connectivity index (χ2n) is 3.09. The molecule has 2 rings (SSSR count). The van der Waals surface area contributed by atoms with E-state index in [1.54, 1.807) is 12.1 Å². The molecule has 1 aliphatic rings. The number of hydrogen-bond donors (Lipinski definition) is 1. The van der Waals surface area contributed by atoms with Gasteiger partial charge in [-0.1, -0.05) is 12.1 Å². The second kappa shape index (κ2) is 3.46. The number of carbonyl (C=O) groups is 2. The van der Waals surface area contributed by atoms with Gasteiger partial charge in [-0.2, -0.15) is 0 Å².